The molecular formula is C25H19ClF2N6O2. The van der Waals surface area contributed by atoms with E-state index >= 15 is 0 Å². The quantitative estimate of drug-likeness (QED) is 0.285. The number of pyridine rings is 1. The van der Waals surface area contributed by atoms with Gasteiger partial charge in [0.05, 0.1) is 19.4 Å². The summed E-state index contributed by atoms with van der Waals surface area (Å²) in [4.78, 5) is 25.1. The topological polar surface area (TPSA) is 86.9 Å². The molecule has 5 aromatic rings. The third kappa shape index (κ3) is 5.03. The molecule has 1 N–H and O–H groups in total. The Bertz CT molecular complexity index is 1570. The lowest BCUT2D eigenvalue weighted by Crippen LogP contribution is -2.20. The van der Waals surface area contributed by atoms with Gasteiger partial charge in [-0.25, -0.2) is 9.37 Å². The number of alkyl halides is 1. The highest BCUT2D eigenvalue weighted by atomic mass is 35.5. The Balaban J connectivity index is 1.48. The number of halogens is 3. The van der Waals surface area contributed by atoms with Crippen molar-refractivity contribution in [2.45, 2.75) is 13.1 Å². The van der Waals surface area contributed by atoms with Gasteiger partial charge >= 0.3 is 5.56 Å². The first-order valence-corrected chi connectivity index (χ1v) is 11.3. The van der Waals surface area contributed by atoms with Gasteiger partial charge in [-0.15, -0.1) is 0 Å². The van der Waals surface area contributed by atoms with Crippen LogP contribution in [0.15, 0.2) is 77.9 Å². The Kier molecular flexibility index (Phi) is 6.59. The molecule has 8 nitrogen and oxygen atoms in total. The van der Waals surface area contributed by atoms with Crippen molar-refractivity contribution in [1.29, 1.82) is 0 Å². The van der Waals surface area contributed by atoms with E-state index in [0.717, 1.165) is 5.56 Å². The van der Waals surface area contributed by atoms with Crippen molar-refractivity contribution >= 4 is 34.4 Å². The average molecular weight is 509 g/mol. The smallest absolute Gasteiger partial charge is 0.300 e. The zero-order valence-corrected chi connectivity index (χ0v) is 19.5. The van der Waals surface area contributed by atoms with Gasteiger partial charge in [-0.1, -0.05) is 29.8 Å². The third-order valence-corrected chi connectivity index (χ3v) is 5.59. The number of fused-ring (bicyclic) bond motifs is 1. The Morgan fingerprint density at radius 2 is 1.78 bits per heavy atom. The first-order valence-electron chi connectivity index (χ1n) is 10.9. The van der Waals surface area contributed by atoms with Crippen molar-refractivity contribution in [1.82, 2.24) is 24.1 Å². The molecule has 0 bridgehead atoms. The van der Waals surface area contributed by atoms with Crippen LogP contribution in [0.5, 0.6) is 11.6 Å². The van der Waals surface area contributed by atoms with Crippen molar-refractivity contribution in [3.05, 3.63) is 99.9 Å². The van der Waals surface area contributed by atoms with E-state index in [1.165, 1.54) is 23.0 Å². The maximum atomic E-state index is 13.3. The number of hydrogen-bond acceptors (Lipinski definition) is 6. The minimum Gasteiger partial charge on any atom is -0.439 e. The molecule has 0 atom stereocenters. The first kappa shape index (κ1) is 23.4. The first-order chi connectivity index (χ1) is 17.5. The molecule has 5 rings (SSSR count). The van der Waals surface area contributed by atoms with E-state index in [-0.39, 0.29) is 23.9 Å². The molecule has 3 heterocycles. The normalized spacial score (nSPS) is 11.1. The number of aryl methyl sites for hydroxylation is 1. The summed E-state index contributed by atoms with van der Waals surface area (Å²) < 4.78 is 35.1. The fraction of sp³-hybridized carbons (Fsp3) is 0.120. The van der Waals surface area contributed by atoms with E-state index in [1.54, 1.807) is 47.0 Å². The van der Waals surface area contributed by atoms with Crippen LogP contribution in [-0.2, 0) is 13.1 Å². The Morgan fingerprint density at radius 1 is 1.00 bits per heavy atom. The molecular weight excluding hydrogens is 490 g/mol. The van der Waals surface area contributed by atoms with E-state index in [0.29, 0.717) is 28.7 Å². The van der Waals surface area contributed by atoms with E-state index in [1.807, 2.05) is 12.1 Å². The number of hydrogen-bond donors (Lipinski definition) is 1. The van der Waals surface area contributed by atoms with Crippen molar-refractivity contribution in [3.63, 3.8) is 0 Å². The molecule has 0 aliphatic heterocycles. The van der Waals surface area contributed by atoms with Gasteiger partial charge in [0, 0.05) is 16.8 Å². The van der Waals surface area contributed by atoms with Gasteiger partial charge in [0.15, 0.2) is 11.2 Å². The fourth-order valence-corrected chi connectivity index (χ4v) is 3.80. The van der Waals surface area contributed by atoms with E-state index < -0.39 is 18.2 Å². The Hall–Kier alpha value is -4.31. The van der Waals surface area contributed by atoms with Crippen LogP contribution in [-0.4, -0.2) is 30.8 Å². The van der Waals surface area contributed by atoms with Crippen LogP contribution < -0.4 is 15.6 Å². The van der Waals surface area contributed by atoms with Crippen LogP contribution in [0, 0.1) is 5.95 Å². The van der Waals surface area contributed by atoms with E-state index in [2.05, 4.69) is 20.3 Å². The van der Waals surface area contributed by atoms with Gasteiger partial charge in [-0.05, 0) is 48.0 Å². The molecule has 182 valence electrons. The third-order valence-electron chi connectivity index (χ3n) is 5.34. The summed E-state index contributed by atoms with van der Waals surface area (Å²) in [5.41, 5.74) is 1.59. The summed E-state index contributed by atoms with van der Waals surface area (Å²) in [5.74, 6) is 0.197. The van der Waals surface area contributed by atoms with Crippen LogP contribution in [0.4, 0.5) is 20.4 Å². The summed E-state index contributed by atoms with van der Waals surface area (Å²) in [6, 6.07) is 18.3. The van der Waals surface area contributed by atoms with Gasteiger partial charge in [0.1, 0.15) is 12.4 Å². The molecule has 0 fully saturated rings. The number of aromatic nitrogens is 5. The number of imidazole rings is 1. The lowest BCUT2D eigenvalue weighted by atomic mass is 10.2. The predicted molar refractivity (Wildman–Crippen MR) is 132 cm³/mol. The molecule has 0 radical (unpaired) electrons. The zero-order valence-electron chi connectivity index (χ0n) is 18.7. The maximum Gasteiger partial charge on any atom is 0.300 e. The summed E-state index contributed by atoms with van der Waals surface area (Å²) in [5, 5.41) is 3.75. The molecule has 0 aliphatic rings. The molecule has 0 aliphatic carbocycles. The minimum absolute atomic E-state index is 0.00275. The molecule has 0 spiro atoms. The summed E-state index contributed by atoms with van der Waals surface area (Å²) in [7, 11) is 0. The second-order valence-corrected chi connectivity index (χ2v) is 8.24. The van der Waals surface area contributed by atoms with Crippen LogP contribution >= 0.6 is 11.6 Å². The maximum absolute atomic E-state index is 13.3. The van der Waals surface area contributed by atoms with E-state index in [4.69, 9.17) is 16.3 Å². The molecule has 0 amide bonds. The summed E-state index contributed by atoms with van der Waals surface area (Å²) in [6.07, 6.45) is 1.43. The average Bonchev–Trinajstić information content (AvgIpc) is 3.29. The van der Waals surface area contributed by atoms with Gasteiger partial charge in [-0.3, -0.25) is 9.36 Å². The second-order valence-electron chi connectivity index (χ2n) is 7.80. The molecule has 0 unspecified atom stereocenters. The highest BCUT2D eigenvalue weighted by Gasteiger charge is 2.17. The fourth-order valence-electron chi connectivity index (χ4n) is 3.68. The van der Waals surface area contributed by atoms with Crippen molar-refractivity contribution in [2.24, 2.45) is 0 Å². The predicted octanol–water partition coefficient (Wildman–Crippen LogP) is 5.33. The standard InChI is InChI=1S/C25H19ClF2N6O2/c26-17-6-4-16(5-7-17)14-34-23-22(33(13-12-27)15-29-23)24(35)32-25(34)30-18-8-10-19(11-9-18)36-21-3-1-2-20(28)31-21/h1-11,15H,12-14H2,(H,30,32,35). The summed E-state index contributed by atoms with van der Waals surface area (Å²) in [6.45, 7) is -0.299. The van der Waals surface area contributed by atoms with E-state index in [9.17, 15) is 13.6 Å². The molecule has 36 heavy (non-hydrogen) atoms. The number of anilines is 2. The lowest BCUT2D eigenvalue weighted by Gasteiger charge is -2.15. The highest BCUT2D eigenvalue weighted by molar-refractivity contribution is 6.30. The highest BCUT2D eigenvalue weighted by Crippen LogP contribution is 2.25. The number of rotatable bonds is 8. The number of benzene rings is 2. The molecule has 11 heteroatoms. The molecule has 0 saturated heterocycles. The van der Waals surface area contributed by atoms with Gasteiger partial charge in [0.2, 0.25) is 17.8 Å². The van der Waals surface area contributed by atoms with Crippen molar-refractivity contribution in [2.75, 3.05) is 12.0 Å². The minimum atomic E-state index is -0.639. The van der Waals surface area contributed by atoms with Crippen LogP contribution in [0.25, 0.3) is 11.2 Å². The number of nitrogens with zero attached hydrogens (tertiary/aromatic N) is 5. The molecule has 0 saturated carbocycles. The van der Waals surface area contributed by atoms with Crippen LogP contribution in [0.2, 0.25) is 5.02 Å². The second kappa shape index (κ2) is 10.1. The molecule has 3 aromatic heterocycles. The lowest BCUT2D eigenvalue weighted by molar-refractivity contribution is 0.445. The van der Waals surface area contributed by atoms with Gasteiger partial charge in [-0.2, -0.15) is 14.4 Å². The number of nitrogens with one attached hydrogen (secondary N) is 1. The number of ether oxygens (including phenoxy) is 1. The zero-order chi connectivity index (χ0) is 25.1. The van der Waals surface area contributed by atoms with Gasteiger partial charge in [0.25, 0.3) is 0 Å². The van der Waals surface area contributed by atoms with Crippen molar-refractivity contribution < 1.29 is 13.5 Å². The van der Waals surface area contributed by atoms with Crippen molar-refractivity contribution in [3.8, 4) is 11.6 Å². The molecule has 2 aromatic carbocycles. The Morgan fingerprint density at radius 3 is 2.50 bits per heavy atom. The summed E-state index contributed by atoms with van der Waals surface area (Å²) >= 11 is 6.02. The monoisotopic (exact) mass is 508 g/mol. The Labute approximate surface area is 208 Å². The van der Waals surface area contributed by atoms with Crippen LogP contribution in [0.3, 0.4) is 0 Å². The van der Waals surface area contributed by atoms with Crippen LogP contribution in [0.1, 0.15) is 5.56 Å². The SMILES string of the molecule is O=c1nc(Nc2ccc(Oc3cccc(F)n3)cc2)n(Cc2ccc(Cl)cc2)c2ncn(CCF)c12. The largest absolute Gasteiger partial charge is 0.439 e. The van der Waals surface area contributed by atoms with Gasteiger partial charge < -0.3 is 14.6 Å².